The lowest BCUT2D eigenvalue weighted by molar-refractivity contribution is -0.151. The normalized spacial score (nSPS) is 29.6. The summed E-state index contributed by atoms with van der Waals surface area (Å²) in [6, 6.07) is 5.23. The fourth-order valence-corrected chi connectivity index (χ4v) is 5.18. The van der Waals surface area contributed by atoms with Gasteiger partial charge in [-0.2, -0.15) is 0 Å². The summed E-state index contributed by atoms with van der Waals surface area (Å²) in [5, 5.41) is 11.5. The van der Waals surface area contributed by atoms with Gasteiger partial charge in [-0.15, -0.1) is 0 Å². The van der Waals surface area contributed by atoms with Crippen molar-refractivity contribution in [2.75, 3.05) is 33.2 Å². The molecule has 2 aliphatic rings. The van der Waals surface area contributed by atoms with Crippen LogP contribution in [0.4, 0.5) is 4.79 Å². The largest absolute Gasteiger partial charge is 0.457 e. The summed E-state index contributed by atoms with van der Waals surface area (Å²) in [5.74, 6) is -0.710. The fraction of sp³-hybridized carbons (Fsp3) is 0.571. The van der Waals surface area contributed by atoms with Gasteiger partial charge in [0.2, 0.25) is 0 Å². The van der Waals surface area contributed by atoms with Crippen LogP contribution in [0.1, 0.15) is 45.6 Å². The van der Waals surface area contributed by atoms with E-state index in [0.717, 1.165) is 24.2 Å². The molecule has 1 aromatic carbocycles. The molecule has 2 aliphatic heterocycles. The number of aliphatic hydroxyl groups is 1. The van der Waals surface area contributed by atoms with E-state index < -0.39 is 24.3 Å². The molecule has 3 rings (SSSR count). The van der Waals surface area contributed by atoms with Crippen molar-refractivity contribution in [1.29, 1.82) is 0 Å². The summed E-state index contributed by atoms with van der Waals surface area (Å²) < 4.78 is 11.8. The van der Waals surface area contributed by atoms with E-state index in [2.05, 4.69) is 4.90 Å². The van der Waals surface area contributed by atoms with E-state index in [1.165, 1.54) is 0 Å². The van der Waals surface area contributed by atoms with Crippen molar-refractivity contribution in [2.24, 2.45) is 11.8 Å². The van der Waals surface area contributed by atoms with Crippen molar-refractivity contribution in [2.45, 2.75) is 58.3 Å². The van der Waals surface area contributed by atoms with Crippen LogP contribution in [0.2, 0.25) is 10.0 Å². The van der Waals surface area contributed by atoms with Gasteiger partial charge < -0.3 is 24.4 Å². The maximum absolute atomic E-state index is 12.9. The zero-order chi connectivity index (χ0) is 27.1. The number of carbonyl (C=O) groups is 2. The van der Waals surface area contributed by atoms with Crippen molar-refractivity contribution in [3.63, 3.8) is 0 Å². The Morgan fingerprint density at radius 1 is 1.08 bits per heavy atom. The predicted octanol–water partition coefficient (Wildman–Crippen LogP) is 5.43. The summed E-state index contributed by atoms with van der Waals surface area (Å²) in [6.45, 7) is 8.71. The van der Waals surface area contributed by atoms with Gasteiger partial charge >= 0.3 is 12.1 Å². The van der Waals surface area contributed by atoms with Gasteiger partial charge in [-0.3, -0.25) is 4.79 Å². The number of nitrogens with zero attached hydrogens (tertiary/aromatic N) is 2. The van der Waals surface area contributed by atoms with Crippen molar-refractivity contribution >= 4 is 41.3 Å². The van der Waals surface area contributed by atoms with Crippen LogP contribution >= 0.6 is 23.2 Å². The lowest BCUT2D eigenvalue weighted by atomic mass is 9.91. The molecule has 0 aliphatic carbocycles. The maximum atomic E-state index is 12.9. The Morgan fingerprint density at radius 3 is 2.38 bits per heavy atom. The summed E-state index contributed by atoms with van der Waals surface area (Å²) in [6.07, 6.45) is 4.42. The number of carbonyl (C=O) groups excluding carboxylic acids is 2. The Bertz CT molecular complexity index is 986. The second kappa shape index (κ2) is 13.7. The van der Waals surface area contributed by atoms with Gasteiger partial charge in [0.25, 0.3) is 0 Å². The molecule has 1 aromatic rings. The highest BCUT2D eigenvalue weighted by molar-refractivity contribution is 6.34. The Balaban J connectivity index is 1.84. The summed E-state index contributed by atoms with van der Waals surface area (Å²) in [4.78, 5) is 29.5. The molecule has 7 nitrogen and oxygen atoms in total. The monoisotopic (exact) mass is 552 g/mol. The number of ether oxygens (including phenoxy) is 2. The number of esters is 1. The number of rotatable bonds is 3. The minimum atomic E-state index is -0.834. The fourth-order valence-electron chi connectivity index (χ4n) is 4.63. The average molecular weight is 554 g/mol. The third-order valence-electron chi connectivity index (χ3n) is 6.99. The van der Waals surface area contributed by atoms with Gasteiger partial charge in [-0.05, 0) is 68.1 Å². The van der Waals surface area contributed by atoms with Gasteiger partial charge in [-0.25, -0.2) is 4.79 Å². The van der Waals surface area contributed by atoms with E-state index in [4.69, 9.17) is 32.7 Å². The Morgan fingerprint density at radius 2 is 1.73 bits per heavy atom. The number of hydrogen-bond donors (Lipinski definition) is 1. The van der Waals surface area contributed by atoms with E-state index in [1.807, 2.05) is 46.0 Å². The van der Waals surface area contributed by atoms with E-state index in [9.17, 15) is 14.7 Å². The molecule has 0 unspecified atom stereocenters. The number of hydrogen-bond acceptors (Lipinski definition) is 6. The van der Waals surface area contributed by atoms with Crippen molar-refractivity contribution in [3.05, 3.63) is 51.5 Å². The zero-order valence-corrected chi connectivity index (χ0v) is 23.5. The number of cyclic esters (lactones) is 1. The molecule has 5 atom stereocenters. The Labute approximate surface area is 230 Å². The predicted molar refractivity (Wildman–Crippen MR) is 147 cm³/mol. The van der Waals surface area contributed by atoms with Gasteiger partial charge in [0.05, 0.1) is 12.5 Å². The number of amides is 1. The molecule has 0 radical (unpaired) electrons. The van der Waals surface area contributed by atoms with Gasteiger partial charge in [0.15, 0.2) is 0 Å². The number of piperazine rings is 1. The summed E-state index contributed by atoms with van der Waals surface area (Å²) in [5.41, 5.74) is 1.59. The van der Waals surface area contributed by atoms with Crippen molar-refractivity contribution in [3.8, 4) is 0 Å². The third kappa shape index (κ3) is 9.02. The van der Waals surface area contributed by atoms with Gasteiger partial charge in [0, 0.05) is 42.1 Å². The van der Waals surface area contributed by atoms with Gasteiger partial charge in [-0.1, -0.05) is 49.2 Å². The number of aliphatic hydroxyl groups excluding tert-OH is 1. The summed E-state index contributed by atoms with van der Waals surface area (Å²) in [7, 11) is 2.04. The second-order valence-corrected chi connectivity index (χ2v) is 11.2. The van der Waals surface area contributed by atoms with Crippen molar-refractivity contribution in [1.82, 2.24) is 9.80 Å². The highest BCUT2D eigenvalue weighted by Gasteiger charge is 2.29. The molecule has 204 valence electrons. The lowest BCUT2D eigenvalue weighted by Gasteiger charge is -2.33. The molecular weight excluding hydrogens is 515 g/mol. The average Bonchev–Trinajstić information content (AvgIpc) is 2.82. The molecule has 9 heteroatoms. The molecule has 1 amide bonds. The van der Waals surface area contributed by atoms with Crippen LogP contribution in [-0.4, -0.2) is 78.5 Å². The smallest absolute Gasteiger partial charge is 0.410 e. The van der Waals surface area contributed by atoms with E-state index >= 15 is 0 Å². The molecule has 0 spiro atoms. The topological polar surface area (TPSA) is 79.3 Å². The van der Waals surface area contributed by atoms with Crippen LogP contribution in [-0.2, 0) is 14.3 Å². The molecule has 1 N–H and O–H groups in total. The number of likely N-dealkylation sites (N-methyl/N-ethyl adjacent to an activating group) is 1. The SMILES string of the molecule is C/C(=C\c1cc(Cl)cc(Cl)c1)[C@H]1OC(=O)C[C@H](O)CC[C@H](C)[C@@H](OC(=O)N2CCN(C)CC2)/C=C\[C@@H]1C. The zero-order valence-electron chi connectivity index (χ0n) is 22.0. The van der Waals surface area contributed by atoms with Gasteiger partial charge in [0.1, 0.15) is 12.2 Å². The molecule has 0 saturated carbocycles. The highest BCUT2D eigenvalue weighted by atomic mass is 35.5. The molecule has 37 heavy (non-hydrogen) atoms. The first-order chi connectivity index (χ1) is 17.5. The third-order valence-corrected chi connectivity index (χ3v) is 7.42. The Hall–Kier alpha value is -2.06. The second-order valence-electron chi connectivity index (χ2n) is 10.3. The molecule has 1 saturated heterocycles. The first-order valence-electron chi connectivity index (χ1n) is 12.9. The molecule has 0 bridgehead atoms. The number of benzene rings is 1. The first-order valence-corrected chi connectivity index (χ1v) is 13.6. The molecule has 2 heterocycles. The number of halogens is 2. The van der Waals surface area contributed by atoms with E-state index in [-0.39, 0.29) is 24.3 Å². The van der Waals surface area contributed by atoms with Crippen LogP contribution in [0, 0.1) is 11.8 Å². The molecule has 0 aromatic heterocycles. The van der Waals surface area contributed by atoms with Crippen molar-refractivity contribution < 1.29 is 24.2 Å². The minimum Gasteiger partial charge on any atom is -0.457 e. The molecular formula is C28H38Cl2N2O5. The van der Waals surface area contributed by atoms with Crippen LogP contribution < -0.4 is 0 Å². The van der Waals surface area contributed by atoms with Crippen LogP contribution in [0.3, 0.4) is 0 Å². The van der Waals surface area contributed by atoms with Crippen LogP contribution in [0.5, 0.6) is 0 Å². The first kappa shape index (κ1) is 29.5. The lowest BCUT2D eigenvalue weighted by Crippen LogP contribution is -2.48. The Kier molecular flexibility index (Phi) is 10.9. The van der Waals surface area contributed by atoms with E-state index in [0.29, 0.717) is 36.0 Å². The van der Waals surface area contributed by atoms with E-state index in [1.54, 1.807) is 23.1 Å². The summed E-state index contributed by atoms with van der Waals surface area (Å²) >= 11 is 12.3. The van der Waals surface area contributed by atoms with Crippen LogP contribution in [0.25, 0.3) is 6.08 Å². The quantitative estimate of drug-likeness (QED) is 0.397. The standard InChI is InChI=1S/C28H38Cl2N2O5/c1-18-5-7-24(33)17-26(34)37-27(20(3)13-21-14-22(29)16-23(30)15-21)19(2)6-8-25(18)36-28(35)32-11-9-31(4)10-12-32/h6,8,13-16,18-19,24-25,27,33H,5,7,9-12,17H2,1-4H3/b8-6-,20-13+/t18-,19-,24+,25-,27-/m0/s1. The minimum absolute atomic E-state index is 0.0337. The maximum Gasteiger partial charge on any atom is 0.410 e. The van der Waals surface area contributed by atoms with Crippen LogP contribution in [0.15, 0.2) is 35.9 Å². The highest BCUT2D eigenvalue weighted by Crippen LogP contribution is 2.27. The molecule has 1 fully saturated rings.